The summed E-state index contributed by atoms with van der Waals surface area (Å²) in [6.07, 6.45) is 3.81. The first-order chi connectivity index (χ1) is 12.1. The number of nitrogens with zero attached hydrogens (tertiary/aromatic N) is 3. The molecule has 0 fully saturated rings. The summed E-state index contributed by atoms with van der Waals surface area (Å²) in [5.74, 6) is 0.588. The Morgan fingerprint density at radius 3 is 2.76 bits per heavy atom. The maximum Gasteiger partial charge on any atom is 0.230 e. The van der Waals surface area contributed by atoms with Gasteiger partial charge in [0.1, 0.15) is 11.7 Å². The second kappa shape index (κ2) is 6.18. The molecule has 0 spiro atoms. The molecule has 1 aliphatic rings. The van der Waals surface area contributed by atoms with E-state index in [-0.39, 0.29) is 11.6 Å². The third-order valence-corrected chi connectivity index (χ3v) is 4.89. The van der Waals surface area contributed by atoms with E-state index in [1.165, 1.54) is 35.6 Å². The molecule has 0 saturated carbocycles. The van der Waals surface area contributed by atoms with Crippen LogP contribution in [0.2, 0.25) is 0 Å². The van der Waals surface area contributed by atoms with Crippen molar-refractivity contribution in [1.82, 2.24) is 9.97 Å². The van der Waals surface area contributed by atoms with Crippen molar-refractivity contribution in [2.75, 3.05) is 11.9 Å². The average molecular weight is 352 g/mol. The molecule has 0 amide bonds. The standard InChI is InChI=1S/C18H13FN4OS/c1-10-9-25-16-14(10)22-17(15(24)11-4-6-12(19)7-5-11)23-18(16)21-13-3-2-8-20-13/h2-7,9H,8H2,1H3,(H,20,21,22,23). The van der Waals surface area contributed by atoms with Crippen molar-refractivity contribution in [3.05, 3.63) is 64.6 Å². The number of nitrogens with one attached hydrogen (secondary N) is 1. The molecule has 1 aliphatic heterocycles. The number of anilines is 1. The first-order valence-corrected chi connectivity index (χ1v) is 8.54. The fourth-order valence-corrected chi connectivity index (χ4v) is 3.45. The Hall–Kier alpha value is -2.93. The zero-order valence-corrected chi connectivity index (χ0v) is 14.1. The summed E-state index contributed by atoms with van der Waals surface area (Å²) in [4.78, 5) is 25.8. The van der Waals surface area contributed by atoms with Gasteiger partial charge in [0.2, 0.25) is 11.6 Å². The molecule has 7 heteroatoms. The Labute approximate surface area is 147 Å². The van der Waals surface area contributed by atoms with E-state index in [1.54, 1.807) is 0 Å². The molecule has 25 heavy (non-hydrogen) atoms. The van der Waals surface area contributed by atoms with E-state index in [9.17, 15) is 9.18 Å². The Kier molecular flexibility index (Phi) is 3.85. The van der Waals surface area contributed by atoms with Crippen LogP contribution in [0.3, 0.4) is 0 Å². The molecule has 5 nitrogen and oxygen atoms in total. The van der Waals surface area contributed by atoms with E-state index in [1.807, 2.05) is 24.5 Å². The summed E-state index contributed by atoms with van der Waals surface area (Å²) >= 11 is 1.51. The predicted molar refractivity (Wildman–Crippen MR) is 97.0 cm³/mol. The van der Waals surface area contributed by atoms with Crippen molar-refractivity contribution in [2.24, 2.45) is 4.99 Å². The first kappa shape index (κ1) is 15.6. The highest BCUT2D eigenvalue weighted by atomic mass is 32.1. The van der Waals surface area contributed by atoms with Crippen molar-refractivity contribution in [3.63, 3.8) is 0 Å². The van der Waals surface area contributed by atoms with Gasteiger partial charge in [-0.15, -0.1) is 11.3 Å². The number of aromatic nitrogens is 2. The van der Waals surface area contributed by atoms with Crippen molar-refractivity contribution < 1.29 is 9.18 Å². The van der Waals surface area contributed by atoms with E-state index in [0.29, 0.717) is 23.8 Å². The molecule has 2 aromatic heterocycles. The van der Waals surface area contributed by atoms with Gasteiger partial charge < -0.3 is 5.32 Å². The van der Waals surface area contributed by atoms with Gasteiger partial charge in [-0.3, -0.25) is 9.79 Å². The SMILES string of the molecule is Cc1csc2c(NC3=NCC=C3)nc(C(=O)c3ccc(F)cc3)nc12. The third-order valence-electron chi connectivity index (χ3n) is 3.79. The smallest absolute Gasteiger partial charge is 0.230 e. The maximum atomic E-state index is 13.1. The van der Waals surface area contributed by atoms with Gasteiger partial charge in [-0.1, -0.05) is 6.08 Å². The molecule has 0 radical (unpaired) electrons. The lowest BCUT2D eigenvalue weighted by atomic mass is 10.1. The van der Waals surface area contributed by atoms with E-state index >= 15 is 0 Å². The van der Waals surface area contributed by atoms with E-state index < -0.39 is 5.82 Å². The molecule has 0 saturated heterocycles. The quantitative estimate of drug-likeness (QED) is 0.729. The topological polar surface area (TPSA) is 67.2 Å². The van der Waals surface area contributed by atoms with E-state index in [0.717, 1.165) is 15.8 Å². The largest absolute Gasteiger partial charge is 0.324 e. The minimum Gasteiger partial charge on any atom is -0.324 e. The van der Waals surface area contributed by atoms with Crippen LogP contribution < -0.4 is 5.32 Å². The number of fused-ring (bicyclic) bond motifs is 1. The zero-order valence-electron chi connectivity index (χ0n) is 13.3. The van der Waals surface area contributed by atoms with Crippen LogP contribution >= 0.6 is 11.3 Å². The second-order valence-electron chi connectivity index (χ2n) is 5.58. The van der Waals surface area contributed by atoms with Gasteiger partial charge in [0.25, 0.3) is 0 Å². The van der Waals surface area contributed by atoms with Crippen LogP contribution in [0.4, 0.5) is 10.2 Å². The number of carbonyl (C=O) groups excluding carboxylic acids is 1. The van der Waals surface area contributed by atoms with E-state index in [2.05, 4.69) is 20.3 Å². The monoisotopic (exact) mass is 352 g/mol. The van der Waals surface area contributed by atoms with E-state index in [4.69, 9.17) is 0 Å². The molecule has 0 unspecified atom stereocenters. The summed E-state index contributed by atoms with van der Waals surface area (Å²) in [5.41, 5.74) is 2.05. The molecule has 0 bridgehead atoms. The molecule has 0 aliphatic carbocycles. The number of benzene rings is 1. The molecule has 1 N–H and O–H groups in total. The van der Waals surface area contributed by atoms with Crippen molar-refractivity contribution >= 4 is 39.0 Å². The molecular weight excluding hydrogens is 339 g/mol. The van der Waals surface area contributed by atoms with Crippen molar-refractivity contribution in [3.8, 4) is 0 Å². The van der Waals surface area contributed by atoms with Crippen LogP contribution in [0.1, 0.15) is 21.7 Å². The summed E-state index contributed by atoms with van der Waals surface area (Å²) < 4.78 is 14.0. The number of aliphatic imine (C=N–C) groups is 1. The highest BCUT2D eigenvalue weighted by molar-refractivity contribution is 7.18. The number of hydrogen-bond donors (Lipinski definition) is 1. The number of thiophene rings is 1. The van der Waals surface area contributed by atoms with Crippen LogP contribution in [0, 0.1) is 12.7 Å². The van der Waals surface area contributed by atoms with Gasteiger partial charge in [0.15, 0.2) is 5.82 Å². The highest BCUT2D eigenvalue weighted by Gasteiger charge is 2.19. The van der Waals surface area contributed by atoms with Gasteiger partial charge in [-0.25, -0.2) is 14.4 Å². The molecular formula is C18H13FN4OS. The summed E-state index contributed by atoms with van der Waals surface area (Å²) in [6, 6.07) is 5.36. The number of rotatable bonds is 3. The fraction of sp³-hybridized carbons (Fsp3) is 0.111. The number of hydrogen-bond acceptors (Lipinski definition) is 6. The van der Waals surface area contributed by atoms with Gasteiger partial charge in [0, 0.05) is 5.56 Å². The Morgan fingerprint density at radius 2 is 2.04 bits per heavy atom. The van der Waals surface area contributed by atoms with Crippen molar-refractivity contribution in [2.45, 2.75) is 6.92 Å². The zero-order chi connectivity index (χ0) is 17.4. The Balaban J connectivity index is 1.80. The number of amidine groups is 1. The summed E-state index contributed by atoms with van der Waals surface area (Å²) in [6.45, 7) is 2.57. The molecule has 3 heterocycles. The highest BCUT2D eigenvalue weighted by Crippen LogP contribution is 2.30. The normalized spacial score (nSPS) is 13.3. The lowest BCUT2D eigenvalue weighted by molar-refractivity contribution is 0.103. The van der Waals surface area contributed by atoms with Gasteiger partial charge >= 0.3 is 0 Å². The number of carbonyl (C=O) groups is 1. The Morgan fingerprint density at radius 1 is 1.24 bits per heavy atom. The van der Waals surface area contributed by atoms with Crippen LogP contribution in [0.25, 0.3) is 10.2 Å². The molecule has 0 atom stereocenters. The van der Waals surface area contributed by atoms with Gasteiger partial charge in [0.05, 0.1) is 16.8 Å². The Bertz CT molecular complexity index is 1040. The minimum atomic E-state index is -0.394. The third kappa shape index (κ3) is 2.94. The summed E-state index contributed by atoms with van der Waals surface area (Å²) in [5, 5.41) is 5.14. The fourth-order valence-electron chi connectivity index (χ4n) is 2.52. The molecule has 3 aromatic rings. The maximum absolute atomic E-state index is 13.1. The average Bonchev–Trinajstić information content (AvgIpc) is 3.25. The second-order valence-corrected chi connectivity index (χ2v) is 6.46. The summed E-state index contributed by atoms with van der Waals surface area (Å²) in [7, 11) is 0. The molecule has 1 aromatic carbocycles. The lowest BCUT2D eigenvalue weighted by Crippen LogP contribution is -2.13. The van der Waals surface area contributed by atoms with Crippen LogP contribution in [-0.4, -0.2) is 28.1 Å². The minimum absolute atomic E-state index is 0.0747. The molecule has 124 valence electrons. The molecule has 4 rings (SSSR count). The number of halogens is 1. The predicted octanol–water partition coefficient (Wildman–Crippen LogP) is 3.75. The number of aryl methyl sites for hydroxylation is 1. The van der Waals surface area contributed by atoms with Crippen molar-refractivity contribution in [1.29, 1.82) is 0 Å². The van der Waals surface area contributed by atoms with Crippen LogP contribution in [0.5, 0.6) is 0 Å². The van der Waals surface area contributed by atoms with Crippen LogP contribution in [0.15, 0.2) is 46.8 Å². The van der Waals surface area contributed by atoms with Crippen LogP contribution in [-0.2, 0) is 0 Å². The van der Waals surface area contributed by atoms with Gasteiger partial charge in [-0.05, 0) is 48.2 Å². The van der Waals surface area contributed by atoms with Gasteiger partial charge in [-0.2, -0.15) is 0 Å². The lowest BCUT2D eigenvalue weighted by Gasteiger charge is -2.08. The first-order valence-electron chi connectivity index (χ1n) is 7.66. The number of ketones is 1.